The van der Waals surface area contributed by atoms with Gasteiger partial charge >= 0.3 is 0 Å². The van der Waals surface area contributed by atoms with Crippen LogP contribution in [0.15, 0.2) is 18.2 Å². The van der Waals surface area contributed by atoms with Crippen molar-refractivity contribution in [1.82, 2.24) is 4.90 Å². The lowest BCUT2D eigenvalue weighted by Gasteiger charge is -2.33. The number of nitro benzene ring substituents is 1. The van der Waals surface area contributed by atoms with Crippen LogP contribution in [0.4, 0.5) is 11.4 Å². The van der Waals surface area contributed by atoms with Gasteiger partial charge in [0.15, 0.2) is 0 Å². The van der Waals surface area contributed by atoms with E-state index in [0.29, 0.717) is 25.3 Å². The van der Waals surface area contributed by atoms with Crippen molar-refractivity contribution < 1.29 is 14.5 Å². The van der Waals surface area contributed by atoms with E-state index in [0.717, 1.165) is 0 Å². The predicted molar refractivity (Wildman–Crippen MR) is 75.1 cm³/mol. The minimum absolute atomic E-state index is 0.112. The number of nitrogens with zero attached hydrogens (tertiary/aromatic N) is 2. The molecule has 9 heteroatoms. The van der Waals surface area contributed by atoms with E-state index in [1.54, 1.807) is 6.07 Å². The molecule has 0 bridgehead atoms. The van der Waals surface area contributed by atoms with Crippen molar-refractivity contribution >= 4 is 17.3 Å². The van der Waals surface area contributed by atoms with Crippen LogP contribution in [-0.2, 0) is 16.1 Å². The van der Waals surface area contributed by atoms with Gasteiger partial charge in [0.1, 0.15) is 11.7 Å². The molecule has 1 aromatic rings. The number of hydrogen-bond acceptors (Lipinski definition) is 7. The average molecular weight is 295 g/mol. The molecule has 0 aliphatic carbocycles. The van der Waals surface area contributed by atoms with Gasteiger partial charge in [-0.05, 0) is 11.6 Å². The van der Waals surface area contributed by atoms with Crippen LogP contribution in [0.5, 0.6) is 0 Å². The first-order valence-corrected chi connectivity index (χ1v) is 6.38. The van der Waals surface area contributed by atoms with Crippen LogP contribution in [0.2, 0.25) is 0 Å². The monoisotopic (exact) mass is 295 g/mol. The van der Waals surface area contributed by atoms with Crippen LogP contribution < -0.4 is 17.0 Å². The van der Waals surface area contributed by atoms with Gasteiger partial charge in [0.25, 0.3) is 5.69 Å². The Hall–Kier alpha value is -2.23. The van der Waals surface area contributed by atoms with Gasteiger partial charge in [-0.2, -0.15) is 0 Å². The minimum atomic E-state index is -0.523. The van der Waals surface area contributed by atoms with Gasteiger partial charge in [0.2, 0.25) is 5.91 Å². The zero-order chi connectivity index (χ0) is 15.4. The number of nitro groups is 1. The maximum atomic E-state index is 11.4. The fraction of sp³-hybridized carbons (Fsp3) is 0.417. The topological polar surface area (TPSA) is 137 Å². The largest absolute Gasteiger partial charge is 0.378 e. The summed E-state index contributed by atoms with van der Waals surface area (Å²) < 4.78 is 5.23. The fourth-order valence-electron chi connectivity index (χ4n) is 2.27. The van der Waals surface area contributed by atoms with Crippen molar-refractivity contribution in [3.05, 3.63) is 33.9 Å². The Morgan fingerprint density at radius 3 is 2.95 bits per heavy atom. The zero-order valence-corrected chi connectivity index (χ0v) is 11.3. The lowest BCUT2D eigenvalue weighted by molar-refractivity contribution is -0.384. The van der Waals surface area contributed by atoms with Crippen molar-refractivity contribution in [1.29, 1.82) is 0 Å². The molecular weight excluding hydrogens is 278 g/mol. The first-order valence-electron chi connectivity index (χ1n) is 6.38. The zero-order valence-electron chi connectivity index (χ0n) is 11.3. The molecule has 1 atom stereocenters. The summed E-state index contributed by atoms with van der Waals surface area (Å²) in [6.07, 6.45) is 0. The van der Waals surface area contributed by atoms with E-state index in [4.69, 9.17) is 16.3 Å². The maximum Gasteiger partial charge on any atom is 0.293 e. The van der Waals surface area contributed by atoms with Gasteiger partial charge in [-0.15, -0.1) is 0 Å². The van der Waals surface area contributed by atoms with E-state index in [-0.39, 0.29) is 18.0 Å². The number of benzene rings is 1. The van der Waals surface area contributed by atoms with Crippen LogP contribution in [0, 0.1) is 10.1 Å². The summed E-state index contributed by atoms with van der Waals surface area (Å²) in [7, 11) is 0. The Kier molecular flexibility index (Phi) is 4.68. The average Bonchev–Trinajstić information content (AvgIpc) is 2.47. The van der Waals surface area contributed by atoms with Gasteiger partial charge in [0.05, 0.1) is 18.1 Å². The van der Waals surface area contributed by atoms with Crippen molar-refractivity contribution in [2.75, 3.05) is 25.2 Å². The standard InChI is InChI=1S/C12H17N5O4/c13-12(18)11-7-21-4-3-16(11)6-8-1-2-9(15-14)10(5-8)17(19)20/h1-2,5,11,15H,3-4,6-7,14H2,(H2,13,18). The Labute approximate surface area is 121 Å². The van der Waals surface area contributed by atoms with Crippen molar-refractivity contribution in [2.24, 2.45) is 11.6 Å². The Bertz CT molecular complexity index is 550. The number of amides is 1. The molecule has 1 aliphatic heterocycles. The molecule has 1 saturated heterocycles. The number of nitrogens with one attached hydrogen (secondary N) is 1. The van der Waals surface area contributed by atoms with Crippen LogP contribution in [0.25, 0.3) is 0 Å². The van der Waals surface area contributed by atoms with Gasteiger partial charge in [0, 0.05) is 19.2 Å². The highest BCUT2D eigenvalue weighted by Crippen LogP contribution is 2.25. The fourth-order valence-corrected chi connectivity index (χ4v) is 2.27. The Balaban J connectivity index is 2.20. The molecule has 5 N–H and O–H groups in total. The first kappa shape index (κ1) is 15.2. The maximum absolute atomic E-state index is 11.4. The Morgan fingerprint density at radius 1 is 1.57 bits per heavy atom. The van der Waals surface area contributed by atoms with Crippen molar-refractivity contribution in [2.45, 2.75) is 12.6 Å². The van der Waals surface area contributed by atoms with Gasteiger partial charge in [-0.3, -0.25) is 25.7 Å². The third kappa shape index (κ3) is 3.45. The lowest BCUT2D eigenvalue weighted by Crippen LogP contribution is -2.51. The van der Waals surface area contributed by atoms with E-state index in [2.05, 4.69) is 5.43 Å². The summed E-state index contributed by atoms with van der Waals surface area (Å²) in [5.74, 6) is 4.77. The van der Waals surface area contributed by atoms with Crippen LogP contribution >= 0.6 is 0 Å². The van der Waals surface area contributed by atoms with E-state index < -0.39 is 16.9 Å². The van der Waals surface area contributed by atoms with Gasteiger partial charge in [-0.1, -0.05) is 6.07 Å². The summed E-state index contributed by atoms with van der Waals surface area (Å²) in [6.45, 7) is 1.65. The number of hydrogen-bond donors (Lipinski definition) is 3. The van der Waals surface area contributed by atoms with E-state index in [9.17, 15) is 14.9 Å². The molecule has 0 aromatic heterocycles. The summed E-state index contributed by atoms with van der Waals surface area (Å²) in [4.78, 5) is 23.7. The summed E-state index contributed by atoms with van der Waals surface area (Å²) in [5.41, 5.74) is 8.45. The number of nitrogen functional groups attached to an aromatic ring is 1. The second-order valence-corrected chi connectivity index (χ2v) is 4.72. The number of anilines is 1. The lowest BCUT2D eigenvalue weighted by atomic mass is 10.1. The third-order valence-corrected chi connectivity index (χ3v) is 3.37. The van der Waals surface area contributed by atoms with E-state index in [1.807, 2.05) is 4.90 Å². The molecule has 1 heterocycles. The molecule has 1 fully saturated rings. The smallest absolute Gasteiger partial charge is 0.293 e. The number of carbonyl (C=O) groups is 1. The number of rotatable bonds is 5. The minimum Gasteiger partial charge on any atom is -0.378 e. The highest BCUT2D eigenvalue weighted by atomic mass is 16.6. The molecule has 21 heavy (non-hydrogen) atoms. The van der Waals surface area contributed by atoms with Crippen molar-refractivity contribution in [3.8, 4) is 0 Å². The molecule has 1 aliphatic rings. The second kappa shape index (κ2) is 6.48. The molecule has 2 rings (SSSR count). The number of hydrazine groups is 1. The predicted octanol–water partition coefficient (Wildman–Crippen LogP) is -0.433. The highest BCUT2D eigenvalue weighted by Gasteiger charge is 2.28. The Morgan fingerprint density at radius 2 is 2.33 bits per heavy atom. The number of primary amides is 1. The highest BCUT2D eigenvalue weighted by molar-refractivity contribution is 5.80. The number of carbonyl (C=O) groups excluding carboxylic acids is 1. The number of nitrogens with two attached hydrogens (primary N) is 2. The summed E-state index contributed by atoms with van der Waals surface area (Å²) in [6, 6.07) is 4.16. The molecule has 0 radical (unpaired) electrons. The molecule has 1 aromatic carbocycles. The van der Waals surface area contributed by atoms with Crippen LogP contribution in [0.1, 0.15) is 5.56 Å². The summed E-state index contributed by atoms with van der Waals surface area (Å²) in [5, 5.41) is 11.0. The number of ether oxygens (including phenoxy) is 1. The molecule has 1 amide bonds. The van der Waals surface area contributed by atoms with Crippen LogP contribution in [-0.4, -0.2) is 41.5 Å². The van der Waals surface area contributed by atoms with Gasteiger partial charge < -0.3 is 15.9 Å². The SMILES string of the molecule is NNc1ccc(CN2CCOCC2C(N)=O)cc1[N+](=O)[O-]. The van der Waals surface area contributed by atoms with E-state index >= 15 is 0 Å². The molecule has 1 unspecified atom stereocenters. The third-order valence-electron chi connectivity index (χ3n) is 3.37. The number of morpholine rings is 1. The molecule has 0 spiro atoms. The molecule has 0 saturated carbocycles. The first-order chi connectivity index (χ1) is 10.0. The van der Waals surface area contributed by atoms with Crippen LogP contribution in [0.3, 0.4) is 0 Å². The quantitative estimate of drug-likeness (QED) is 0.380. The van der Waals surface area contributed by atoms with Crippen molar-refractivity contribution in [3.63, 3.8) is 0 Å². The summed E-state index contributed by atoms with van der Waals surface area (Å²) >= 11 is 0. The molecule has 114 valence electrons. The normalized spacial score (nSPS) is 19.2. The molecular formula is C12H17N5O4. The molecule has 9 nitrogen and oxygen atoms in total. The second-order valence-electron chi connectivity index (χ2n) is 4.72. The van der Waals surface area contributed by atoms with E-state index in [1.165, 1.54) is 12.1 Å². The van der Waals surface area contributed by atoms with Gasteiger partial charge in [-0.25, -0.2) is 0 Å².